The molecule has 16 heavy (non-hydrogen) atoms. The van der Waals surface area contributed by atoms with E-state index in [1.54, 1.807) is 6.20 Å². The summed E-state index contributed by atoms with van der Waals surface area (Å²) in [6.07, 6.45) is 1.33. The van der Waals surface area contributed by atoms with Crippen LogP contribution in [0.25, 0.3) is 10.9 Å². The number of ether oxygens (including phenoxy) is 1. The van der Waals surface area contributed by atoms with Crippen molar-refractivity contribution in [1.82, 2.24) is 10.3 Å². The minimum Gasteiger partial charge on any atom is -0.453 e. The Labute approximate surface area is 93.3 Å². The van der Waals surface area contributed by atoms with Crippen LogP contribution in [0.5, 0.6) is 0 Å². The summed E-state index contributed by atoms with van der Waals surface area (Å²) in [6.45, 7) is 0.456. The predicted octanol–water partition coefficient (Wildman–Crippen LogP) is 2.09. The van der Waals surface area contributed by atoms with Gasteiger partial charge in [0.2, 0.25) is 0 Å². The molecule has 4 heteroatoms. The molecule has 4 nitrogen and oxygen atoms in total. The average Bonchev–Trinajstić information content (AvgIpc) is 2.35. The summed E-state index contributed by atoms with van der Waals surface area (Å²) in [6, 6.07) is 9.75. The number of benzene rings is 1. The van der Waals surface area contributed by atoms with Crippen LogP contribution in [0.3, 0.4) is 0 Å². The van der Waals surface area contributed by atoms with Gasteiger partial charge in [-0.25, -0.2) is 4.79 Å². The fourth-order valence-corrected chi connectivity index (χ4v) is 1.48. The maximum absolute atomic E-state index is 10.9. The summed E-state index contributed by atoms with van der Waals surface area (Å²) >= 11 is 0. The summed E-state index contributed by atoms with van der Waals surface area (Å²) in [4.78, 5) is 15.1. The van der Waals surface area contributed by atoms with E-state index in [-0.39, 0.29) is 0 Å². The Kier molecular flexibility index (Phi) is 3.00. The highest BCUT2D eigenvalue weighted by Crippen LogP contribution is 2.12. The lowest BCUT2D eigenvalue weighted by Crippen LogP contribution is -2.22. The Morgan fingerprint density at radius 1 is 1.44 bits per heavy atom. The standard InChI is InChI=1S/C12H12N2O2/c1-16-12(15)14-8-9-4-5-11-10(7-9)3-2-6-13-11/h2-7H,8H2,1H3,(H,14,15). The van der Waals surface area contributed by atoms with Gasteiger partial charge in [-0.2, -0.15) is 0 Å². The lowest BCUT2D eigenvalue weighted by molar-refractivity contribution is 0.170. The van der Waals surface area contributed by atoms with Crippen LogP contribution in [0, 0.1) is 0 Å². The maximum Gasteiger partial charge on any atom is 0.407 e. The minimum absolute atomic E-state index is 0.425. The molecule has 2 rings (SSSR count). The molecule has 0 bridgehead atoms. The smallest absolute Gasteiger partial charge is 0.407 e. The Balaban J connectivity index is 2.16. The topological polar surface area (TPSA) is 51.2 Å². The Hall–Kier alpha value is -2.10. The van der Waals surface area contributed by atoms with Gasteiger partial charge in [0, 0.05) is 18.1 Å². The number of aromatic nitrogens is 1. The molecule has 0 aliphatic rings. The molecule has 0 fully saturated rings. The lowest BCUT2D eigenvalue weighted by atomic mass is 10.1. The fraction of sp³-hybridized carbons (Fsp3) is 0.167. The zero-order valence-electron chi connectivity index (χ0n) is 8.93. The first-order valence-electron chi connectivity index (χ1n) is 4.95. The summed E-state index contributed by atoms with van der Waals surface area (Å²) in [5.41, 5.74) is 1.97. The van der Waals surface area contributed by atoms with E-state index in [2.05, 4.69) is 15.0 Å². The highest BCUT2D eigenvalue weighted by Gasteiger charge is 2.00. The lowest BCUT2D eigenvalue weighted by Gasteiger charge is -2.04. The van der Waals surface area contributed by atoms with E-state index in [4.69, 9.17) is 0 Å². The van der Waals surface area contributed by atoms with E-state index in [0.717, 1.165) is 16.5 Å². The molecule has 2 aromatic rings. The molecule has 0 radical (unpaired) electrons. The Morgan fingerprint density at radius 3 is 3.12 bits per heavy atom. The van der Waals surface area contributed by atoms with Gasteiger partial charge in [-0.15, -0.1) is 0 Å². The van der Waals surface area contributed by atoms with Crippen molar-refractivity contribution in [2.45, 2.75) is 6.54 Å². The quantitative estimate of drug-likeness (QED) is 0.836. The molecule has 1 heterocycles. The van der Waals surface area contributed by atoms with Crippen LogP contribution in [-0.4, -0.2) is 18.2 Å². The second-order valence-electron chi connectivity index (χ2n) is 3.38. The van der Waals surface area contributed by atoms with Crippen molar-refractivity contribution in [3.8, 4) is 0 Å². The molecule has 0 saturated carbocycles. The molecular weight excluding hydrogens is 204 g/mol. The molecule has 1 aromatic carbocycles. The van der Waals surface area contributed by atoms with E-state index in [0.29, 0.717) is 6.54 Å². The number of nitrogens with zero attached hydrogens (tertiary/aromatic N) is 1. The van der Waals surface area contributed by atoms with Crippen LogP contribution >= 0.6 is 0 Å². The number of methoxy groups -OCH3 is 1. The summed E-state index contributed by atoms with van der Waals surface area (Å²) < 4.78 is 4.50. The largest absolute Gasteiger partial charge is 0.453 e. The number of carbonyl (C=O) groups is 1. The predicted molar refractivity (Wildman–Crippen MR) is 61.0 cm³/mol. The SMILES string of the molecule is COC(=O)NCc1ccc2ncccc2c1. The number of alkyl carbamates (subject to hydrolysis) is 1. The van der Waals surface area contributed by atoms with Crippen LogP contribution in [0.1, 0.15) is 5.56 Å². The van der Waals surface area contributed by atoms with Crippen LogP contribution in [0.15, 0.2) is 36.5 Å². The Bertz CT molecular complexity index is 511. The third kappa shape index (κ3) is 2.28. The zero-order valence-corrected chi connectivity index (χ0v) is 8.93. The van der Waals surface area contributed by atoms with Gasteiger partial charge in [0.15, 0.2) is 0 Å². The van der Waals surface area contributed by atoms with Crippen LogP contribution < -0.4 is 5.32 Å². The average molecular weight is 216 g/mol. The van der Waals surface area contributed by atoms with E-state index in [9.17, 15) is 4.79 Å². The first-order chi connectivity index (χ1) is 7.79. The summed E-state index contributed by atoms with van der Waals surface area (Å²) in [5.74, 6) is 0. The van der Waals surface area contributed by atoms with Gasteiger partial charge < -0.3 is 10.1 Å². The molecule has 1 amide bonds. The highest BCUT2D eigenvalue weighted by atomic mass is 16.5. The van der Waals surface area contributed by atoms with E-state index in [1.165, 1.54) is 7.11 Å². The van der Waals surface area contributed by atoms with Crippen molar-refractivity contribution in [3.05, 3.63) is 42.1 Å². The number of amides is 1. The van der Waals surface area contributed by atoms with Crippen LogP contribution in [-0.2, 0) is 11.3 Å². The number of carbonyl (C=O) groups excluding carboxylic acids is 1. The van der Waals surface area contributed by atoms with E-state index >= 15 is 0 Å². The molecule has 82 valence electrons. The van der Waals surface area contributed by atoms with E-state index < -0.39 is 6.09 Å². The van der Waals surface area contributed by atoms with Gasteiger partial charge >= 0.3 is 6.09 Å². The summed E-state index contributed by atoms with van der Waals surface area (Å²) in [7, 11) is 1.35. The number of pyridine rings is 1. The van der Waals surface area contributed by atoms with Crippen LogP contribution in [0.4, 0.5) is 4.79 Å². The second-order valence-corrected chi connectivity index (χ2v) is 3.38. The molecule has 0 unspecified atom stereocenters. The third-order valence-electron chi connectivity index (χ3n) is 2.29. The number of hydrogen-bond donors (Lipinski definition) is 1. The van der Waals surface area contributed by atoms with Crippen molar-refractivity contribution in [1.29, 1.82) is 0 Å². The molecular formula is C12H12N2O2. The van der Waals surface area contributed by atoms with Gasteiger partial charge in [-0.1, -0.05) is 12.1 Å². The molecule has 0 aliphatic heterocycles. The monoisotopic (exact) mass is 216 g/mol. The zero-order chi connectivity index (χ0) is 11.4. The first kappa shape index (κ1) is 10.4. The first-order valence-corrected chi connectivity index (χ1v) is 4.95. The number of fused-ring (bicyclic) bond motifs is 1. The van der Waals surface area contributed by atoms with Crippen molar-refractivity contribution in [2.24, 2.45) is 0 Å². The van der Waals surface area contributed by atoms with Gasteiger partial charge in [0.05, 0.1) is 12.6 Å². The van der Waals surface area contributed by atoms with Gasteiger partial charge in [0.25, 0.3) is 0 Å². The molecule has 1 N–H and O–H groups in total. The van der Waals surface area contributed by atoms with Crippen molar-refractivity contribution < 1.29 is 9.53 Å². The fourth-order valence-electron chi connectivity index (χ4n) is 1.48. The molecule has 1 aromatic heterocycles. The molecule has 0 atom stereocenters. The number of rotatable bonds is 2. The second kappa shape index (κ2) is 4.61. The minimum atomic E-state index is -0.425. The van der Waals surface area contributed by atoms with E-state index in [1.807, 2.05) is 30.3 Å². The number of nitrogens with one attached hydrogen (secondary N) is 1. The van der Waals surface area contributed by atoms with Gasteiger partial charge in [-0.05, 0) is 23.8 Å². The maximum atomic E-state index is 10.9. The Morgan fingerprint density at radius 2 is 2.31 bits per heavy atom. The van der Waals surface area contributed by atoms with Crippen molar-refractivity contribution in [2.75, 3.05) is 7.11 Å². The number of hydrogen-bond acceptors (Lipinski definition) is 3. The van der Waals surface area contributed by atoms with Crippen molar-refractivity contribution in [3.63, 3.8) is 0 Å². The third-order valence-corrected chi connectivity index (χ3v) is 2.29. The summed E-state index contributed by atoms with van der Waals surface area (Å²) in [5, 5.41) is 3.69. The van der Waals surface area contributed by atoms with Crippen LogP contribution in [0.2, 0.25) is 0 Å². The molecule has 0 saturated heterocycles. The molecule has 0 spiro atoms. The molecule has 0 aliphatic carbocycles. The normalized spacial score (nSPS) is 10.1. The van der Waals surface area contributed by atoms with Crippen molar-refractivity contribution >= 4 is 17.0 Å². The van der Waals surface area contributed by atoms with Gasteiger partial charge in [-0.3, -0.25) is 4.98 Å². The van der Waals surface area contributed by atoms with Gasteiger partial charge in [0.1, 0.15) is 0 Å². The highest BCUT2D eigenvalue weighted by molar-refractivity contribution is 5.79.